The minimum Gasteiger partial charge on any atom is -0.395 e. The van der Waals surface area contributed by atoms with Crippen LogP contribution in [0.4, 0.5) is 0 Å². The van der Waals surface area contributed by atoms with Gasteiger partial charge in [-0.3, -0.25) is 4.90 Å². The molecule has 0 spiro atoms. The Kier molecular flexibility index (Phi) is 24.6. The van der Waals surface area contributed by atoms with Crippen LogP contribution in [0.2, 0.25) is 0 Å². The average molecular weight is 406 g/mol. The van der Waals surface area contributed by atoms with E-state index in [1.54, 1.807) is 0 Å². The number of hydrogen-bond acceptors (Lipinski definition) is 6. The Morgan fingerprint density at radius 3 is 1.54 bits per heavy atom. The van der Waals surface area contributed by atoms with Gasteiger partial charge in [-0.1, -0.05) is 64.7 Å². The van der Waals surface area contributed by atoms with Crippen molar-refractivity contribution in [3.8, 4) is 0 Å². The lowest BCUT2D eigenvalue weighted by Crippen LogP contribution is -2.31. The quantitative estimate of drug-likeness (QED) is 0.240. The van der Waals surface area contributed by atoms with Crippen molar-refractivity contribution in [2.45, 2.75) is 71.1 Å². The summed E-state index contributed by atoms with van der Waals surface area (Å²) >= 11 is 0. The summed E-state index contributed by atoms with van der Waals surface area (Å²) in [7, 11) is 0. The Morgan fingerprint density at radius 2 is 1.00 bits per heavy atom. The SMILES string of the molecule is CCCCCCCCCCCCN(CCO)CCOCCOCCOCCO. The molecule has 0 aliphatic heterocycles. The largest absolute Gasteiger partial charge is 0.395 e. The topological polar surface area (TPSA) is 71.4 Å². The molecule has 0 aromatic carbocycles. The van der Waals surface area contributed by atoms with Gasteiger partial charge in [0.1, 0.15) is 0 Å². The van der Waals surface area contributed by atoms with Gasteiger partial charge < -0.3 is 24.4 Å². The second kappa shape index (κ2) is 24.8. The maximum atomic E-state index is 9.23. The van der Waals surface area contributed by atoms with Crippen molar-refractivity contribution in [1.82, 2.24) is 4.90 Å². The van der Waals surface area contributed by atoms with E-state index in [2.05, 4.69) is 11.8 Å². The fourth-order valence-corrected chi connectivity index (χ4v) is 3.10. The van der Waals surface area contributed by atoms with Gasteiger partial charge in [-0.25, -0.2) is 0 Å². The average Bonchev–Trinajstić information content (AvgIpc) is 2.70. The third kappa shape index (κ3) is 22.1. The fraction of sp³-hybridized carbons (Fsp3) is 1.00. The molecule has 0 atom stereocenters. The Bertz CT molecular complexity index is 258. The first-order chi connectivity index (χ1) is 13.8. The van der Waals surface area contributed by atoms with E-state index in [4.69, 9.17) is 19.3 Å². The van der Waals surface area contributed by atoms with E-state index in [0.717, 1.165) is 19.6 Å². The minimum atomic E-state index is 0.0482. The highest BCUT2D eigenvalue weighted by molar-refractivity contribution is 4.58. The highest BCUT2D eigenvalue weighted by Crippen LogP contribution is 2.10. The summed E-state index contributed by atoms with van der Waals surface area (Å²) in [5.74, 6) is 0. The molecule has 0 radical (unpaired) electrons. The van der Waals surface area contributed by atoms with E-state index in [-0.39, 0.29) is 13.2 Å². The zero-order valence-electron chi connectivity index (χ0n) is 18.4. The second-order valence-electron chi connectivity index (χ2n) is 7.31. The molecular formula is C22H47NO5. The molecule has 6 nitrogen and oxygen atoms in total. The van der Waals surface area contributed by atoms with Crippen LogP contribution in [0.5, 0.6) is 0 Å². The van der Waals surface area contributed by atoms with Crippen molar-refractivity contribution in [3.05, 3.63) is 0 Å². The van der Waals surface area contributed by atoms with Crippen LogP contribution in [0.1, 0.15) is 71.1 Å². The standard InChI is InChI=1S/C22H47NO5/c1-2-3-4-5-6-7-8-9-10-11-12-23(13-15-24)14-17-26-19-21-28-22-20-27-18-16-25/h24-25H,2-22H2,1H3. The molecule has 0 saturated heterocycles. The summed E-state index contributed by atoms with van der Waals surface area (Å²) in [5, 5.41) is 17.8. The lowest BCUT2D eigenvalue weighted by atomic mass is 10.1. The highest BCUT2D eigenvalue weighted by atomic mass is 16.5. The predicted molar refractivity (Wildman–Crippen MR) is 115 cm³/mol. The van der Waals surface area contributed by atoms with Gasteiger partial charge >= 0.3 is 0 Å². The van der Waals surface area contributed by atoms with Crippen LogP contribution in [-0.2, 0) is 14.2 Å². The van der Waals surface area contributed by atoms with E-state index in [1.165, 1.54) is 64.2 Å². The van der Waals surface area contributed by atoms with Gasteiger partial charge in [0.05, 0.1) is 52.9 Å². The Balaban J connectivity index is 3.41. The zero-order valence-corrected chi connectivity index (χ0v) is 18.4. The van der Waals surface area contributed by atoms with Gasteiger partial charge in [0.15, 0.2) is 0 Å². The summed E-state index contributed by atoms with van der Waals surface area (Å²) in [6.07, 6.45) is 13.5. The monoisotopic (exact) mass is 405 g/mol. The Labute approximate surface area is 173 Å². The van der Waals surface area contributed by atoms with Crippen LogP contribution < -0.4 is 0 Å². The van der Waals surface area contributed by atoms with Gasteiger partial charge in [0.2, 0.25) is 0 Å². The highest BCUT2D eigenvalue weighted by Gasteiger charge is 2.04. The maximum absolute atomic E-state index is 9.23. The molecule has 28 heavy (non-hydrogen) atoms. The van der Waals surface area contributed by atoms with E-state index >= 15 is 0 Å². The normalized spacial score (nSPS) is 11.6. The molecular weight excluding hydrogens is 358 g/mol. The molecule has 0 fully saturated rings. The van der Waals surface area contributed by atoms with E-state index in [1.807, 2.05) is 0 Å². The van der Waals surface area contributed by atoms with Crippen molar-refractivity contribution in [2.75, 3.05) is 72.5 Å². The Morgan fingerprint density at radius 1 is 0.500 bits per heavy atom. The van der Waals surface area contributed by atoms with Crippen LogP contribution in [0.25, 0.3) is 0 Å². The fourth-order valence-electron chi connectivity index (χ4n) is 3.10. The van der Waals surface area contributed by atoms with Crippen LogP contribution in [0.15, 0.2) is 0 Å². The maximum Gasteiger partial charge on any atom is 0.0701 e. The molecule has 0 rings (SSSR count). The summed E-state index contributed by atoms with van der Waals surface area (Å²) < 4.78 is 16.1. The number of ether oxygens (including phenoxy) is 3. The predicted octanol–water partition coefficient (Wildman–Crippen LogP) is 3.24. The molecule has 0 saturated carbocycles. The number of aliphatic hydroxyl groups excluding tert-OH is 2. The number of hydrogen-bond donors (Lipinski definition) is 2. The molecule has 0 heterocycles. The third-order valence-corrected chi connectivity index (χ3v) is 4.78. The van der Waals surface area contributed by atoms with Crippen molar-refractivity contribution >= 4 is 0 Å². The van der Waals surface area contributed by atoms with Crippen molar-refractivity contribution in [1.29, 1.82) is 0 Å². The minimum absolute atomic E-state index is 0.0482. The Hall–Kier alpha value is -0.240. The first-order valence-electron chi connectivity index (χ1n) is 11.5. The molecule has 0 aromatic rings. The van der Waals surface area contributed by atoms with Crippen LogP contribution in [-0.4, -0.2) is 87.6 Å². The number of rotatable bonds is 24. The molecule has 0 aliphatic rings. The van der Waals surface area contributed by atoms with Gasteiger partial charge in [0.25, 0.3) is 0 Å². The van der Waals surface area contributed by atoms with Crippen molar-refractivity contribution in [2.24, 2.45) is 0 Å². The first-order valence-corrected chi connectivity index (χ1v) is 11.5. The van der Waals surface area contributed by atoms with E-state index in [9.17, 15) is 5.11 Å². The molecule has 0 aromatic heterocycles. The number of aliphatic hydroxyl groups is 2. The van der Waals surface area contributed by atoms with Crippen molar-refractivity contribution in [3.63, 3.8) is 0 Å². The van der Waals surface area contributed by atoms with E-state index in [0.29, 0.717) is 39.6 Å². The van der Waals surface area contributed by atoms with Crippen LogP contribution in [0.3, 0.4) is 0 Å². The van der Waals surface area contributed by atoms with Crippen molar-refractivity contribution < 1.29 is 24.4 Å². The van der Waals surface area contributed by atoms with E-state index < -0.39 is 0 Å². The lowest BCUT2D eigenvalue weighted by Gasteiger charge is -2.21. The molecule has 2 N–H and O–H groups in total. The van der Waals surface area contributed by atoms with Gasteiger partial charge in [-0.15, -0.1) is 0 Å². The second-order valence-corrected chi connectivity index (χ2v) is 7.31. The van der Waals surface area contributed by atoms with Gasteiger partial charge in [-0.05, 0) is 13.0 Å². The molecule has 0 amide bonds. The molecule has 0 bridgehead atoms. The molecule has 170 valence electrons. The van der Waals surface area contributed by atoms with Crippen LogP contribution in [0, 0.1) is 0 Å². The van der Waals surface area contributed by atoms with Gasteiger partial charge in [-0.2, -0.15) is 0 Å². The number of unbranched alkanes of at least 4 members (excludes halogenated alkanes) is 9. The van der Waals surface area contributed by atoms with Crippen LogP contribution >= 0.6 is 0 Å². The summed E-state index contributed by atoms with van der Waals surface area (Å²) in [5.41, 5.74) is 0. The first kappa shape index (κ1) is 27.8. The smallest absolute Gasteiger partial charge is 0.0701 e. The zero-order chi connectivity index (χ0) is 20.5. The third-order valence-electron chi connectivity index (χ3n) is 4.78. The summed E-state index contributed by atoms with van der Waals surface area (Å²) in [6, 6.07) is 0. The molecule has 6 heteroatoms. The lowest BCUT2D eigenvalue weighted by molar-refractivity contribution is 0.00405. The summed E-state index contributed by atoms with van der Waals surface area (Å²) in [6.45, 7) is 8.33. The van der Waals surface area contributed by atoms with Gasteiger partial charge in [0, 0.05) is 13.1 Å². The molecule has 0 unspecified atom stereocenters. The molecule has 0 aliphatic carbocycles. The number of nitrogens with zero attached hydrogens (tertiary/aromatic N) is 1. The summed E-state index contributed by atoms with van der Waals surface area (Å²) in [4.78, 5) is 2.29.